The molecule has 0 aliphatic rings. The van der Waals surface area contributed by atoms with E-state index in [0.29, 0.717) is 37.9 Å². The quantitative estimate of drug-likeness (QED) is 0.382. The van der Waals surface area contributed by atoms with Gasteiger partial charge in [-0.1, -0.05) is 25.1 Å². The number of hydrogen-bond acceptors (Lipinski definition) is 6. The van der Waals surface area contributed by atoms with Crippen molar-refractivity contribution in [3.63, 3.8) is 0 Å². The van der Waals surface area contributed by atoms with Gasteiger partial charge in [0, 0.05) is 25.7 Å². The molecule has 0 amide bonds. The fourth-order valence-corrected chi connectivity index (χ4v) is 3.76. The summed E-state index contributed by atoms with van der Waals surface area (Å²) in [5.74, 6) is 2.14. The summed E-state index contributed by atoms with van der Waals surface area (Å²) in [6.07, 6.45) is 0.395. The zero-order valence-corrected chi connectivity index (χ0v) is 20.9. The maximum atomic E-state index is 10.5. The van der Waals surface area contributed by atoms with Crippen molar-refractivity contribution in [2.75, 3.05) is 26.9 Å². The van der Waals surface area contributed by atoms with Crippen LogP contribution in [0.25, 0.3) is 5.69 Å². The van der Waals surface area contributed by atoms with Gasteiger partial charge in [0.25, 0.3) is 0 Å². The number of methoxy groups -OCH3 is 1. The molecule has 0 bridgehead atoms. The average Bonchev–Trinajstić information content (AvgIpc) is 3.17. The van der Waals surface area contributed by atoms with Crippen molar-refractivity contribution in [3.05, 3.63) is 65.9 Å². The Balaban J connectivity index is 1.97. The van der Waals surface area contributed by atoms with Gasteiger partial charge in [-0.2, -0.15) is 5.10 Å². The van der Waals surface area contributed by atoms with Crippen molar-refractivity contribution < 1.29 is 19.3 Å². The van der Waals surface area contributed by atoms with E-state index in [2.05, 4.69) is 18.7 Å². The first-order valence-corrected chi connectivity index (χ1v) is 11.9. The van der Waals surface area contributed by atoms with Crippen LogP contribution in [0.2, 0.25) is 0 Å². The van der Waals surface area contributed by atoms with E-state index < -0.39 is 6.10 Å². The molecule has 0 fully saturated rings. The standard InChI is InChI=1S/C27H37N3O4/c1-6-20(3)29(17-23(31)19-33-7-2)18-26-21(4)28-30(22-11-9-8-10-12-22)27(26)34-25-15-13-24(32-5)14-16-25/h8-16,20,23,31H,6-7,17-19H2,1-5H3. The summed E-state index contributed by atoms with van der Waals surface area (Å²) >= 11 is 0. The number of aryl methyl sites for hydroxylation is 1. The molecule has 1 aromatic heterocycles. The lowest BCUT2D eigenvalue weighted by atomic mass is 10.1. The van der Waals surface area contributed by atoms with E-state index in [-0.39, 0.29) is 6.04 Å². The summed E-state index contributed by atoms with van der Waals surface area (Å²) in [5, 5.41) is 15.4. The van der Waals surface area contributed by atoms with Crippen LogP contribution < -0.4 is 9.47 Å². The minimum Gasteiger partial charge on any atom is -0.497 e. The van der Waals surface area contributed by atoms with Crippen LogP contribution in [0.4, 0.5) is 0 Å². The van der Waals surface area contributed by atoms with Crippen LogP contribution in [-0.2, 0) is 11.3 Å². The molecule has 2 atom stereocenters. The van der Waals surface area contributed by atoms with Crippen molar-refractivity contribution in [2.45, 2.75) is 52.8 Å². The number of para-hydroxylation sites is 1. The van der Waals surface area contributed by atoms with E-state index in [4.69, 9.17) is 19.3 Å². The highest BCUT2D eigenvalue weighted by atomic mass is 16.5. The molecule has 0 spiro atoms. The average molecular weight is 468 g/mol. The first-order valence-electron chi connectivity index (χ1n) is 11.9. The minimum absolute atomic E-state index is 0.268. The highest BCUT2D eigenvalue weighted by molar-refractivity contribution is 5.44. The summed E-state index contributed by atoms with van der Waals surface area (Å²) in [5.41, 5.74) is 2.80. The fraction of sp³-hybridized carbons (Fsp3) is 0.444. The number of aliphatic hydroxyl groups is 1. The number of aliphatic hydroxyl groups excluding tert-OH is 1. The Morgan fingerprint density at radius 2 is 1.71 bits per heavy atom. The molecule has 0 aliphatic heterocycles. The Bertz CT molecular complexity index is 1000. The van der Waals surface area contributed by atoms with Crippen molar-refractivity contribution in [2.24, 2.45) is 0 Å². The molecule has 3 aromatic rings. The van der Waals surface area contributed by atoms with E-state index in [0.717, 1.165) is 29.1 Å². The van der Waals surface area contributed by atoms with Crippen LogP contribution in [0.5, 0.6) is 17.4 Å². The molecule has 184 valence electrons. The highest BCUT2D eigenvalue weighted by Gasteiger charge is 2.24. The second kappa shape index (κ2) is 12.6. The Kier molecular flexibility index (Phi) is 9.51. The summed E-state index contributed by atoms with van der Waals surface area (Å²) in [6, 6.07) is 17.8. The summed E-state index contributed by atoms with van der Waals surface area (Å²) < 4.78 is 19.0. The van der Waals surface area contributed by atoms with Crippen molar-refractivity contribution >= 4 is 0 Å². The molecule has 0 saturated carbocycles. The van der Waals surface area contributed by atoms with Gasteiger partial charge in [-0.3, -0.25) is 4.90 Å². The summed E-state index contributed by atoms with van der Waals surface area (Å²) in [4.78, 5) is 2.27. The van der Waals surface area contributed by atoms with Gasteiger partial charge in [0.05, 0.1) is 36.8 Å². The Morgan fingerprint density at radius 3 is 2.32 bits per heavy atom. The zero-order chi connectivity index (χ0) is 24.5. The van der Waals surface area contributed by atoms with E-state index in [9.17, 15) is 5.11 Å². The summed E-state index contributed by atoms with van der Waals surface area (Å²) in [6.45, 7) is 10.3. The van der Waals surface area contributed by atoms with Crippen LogP contribution in [-0.4, -0.2) is 58.8 Å². The molecular formula is C27H37N3O4. The van der Waals surface area contributed by atoms with Gasteiger partial charge >= 0.3 is 0 Å². The molecule has 7 heteroatoms. The number of aromatic nitrogens is 2. The second-order valence-corrected chi connectivity index (χ2v) is 8.39. The van der Waals surface area contributed by atoms with Gasteiger partial charge in [-0.15, -0.1) is 0 Å². The van der Waals surface area contributed by atoms with Crippen LogP contribution >= 0.6 is 0 Å². The number of benzene rings is 2. The van der Waals surface area contributed by atoms with Gasteiger partial charge in [0.15, 0.2) is 0 Å². The van der Waals surface area contributed by atoms with Crippen molar-refractivity contribution in [1.82, 2.24) is 14.7 Å². The maximum Gasteiger partial charge on any atom is 0.227 e. The van der Waals surface area contributed by atoms with Crippen molar-refractivity contribution in [1.29, 1.82) is 0 Å². The van der Waals surface area contributed by atoms with Gasteiger partial charge in [0.2, 0.25) is 5.88 Å². The van der Waals surface area contributed by atoms with Crippen LogP contribution in [0.1, 0.15) is 38.4 Å². The van der Waals surface area contributed by atoms with E-state index in [1.807, 2.05) is 73.1 Å². The molecule has 0 aliphatic carbocycles. The fourth-order valence-electron chi connectivity index (χ4n) is 3.76. The first kappa shape index (κ1) is 25.7. The van der Waals surface area contributed by atoms with Crippen LogP contribution in [0.3, 0.4) is 0 Å². The third-order valence-corrected chi connectivity index (χ3v) is 5.95. The smallest absolute Gasteiger partial charge is 0.227 e. The Morgan fingerprint density at radius 1 is 1.03 bits per heavy atom. The van der Waals surface area contributed by atoms with E-state index in [1.54, 1.807) is 7.11 Å². The zero-order valence-electron chi connectivity index (χ0n) is 20.9. The third-order valence-electron chi connectivity index (χ3n) is 5.95. The Labute approximate surface area is 202 Å². The number of rotatable bonds is 13. The van der Waals surface area contributed by atoms with E-state index in [1.165, 1.54) is 0 Å². The lowest BCUT2D eigenvalue weighted by Crippen LogP contribution is -2.40. The van der Waals surface area contributed by atoms with Gasteiger partial charge < -0.3 is 19.3 Å². The topological polar surface area (TPSA) is 69.0 Å². The lowest BCUT2D eigenvalue weighted by molar-refractivity contribution is 0.0111. The largest absolute Gasteiger partial charge is 0.497 e. The summed E-state index contributed by atoms with van der Waals surface area (Å²) in [7, 11) is 1.64. The molecule has 0 radical (unpaired) electrons. The van der Waals surface area contributed by atoms with Crippen molar-refractivity contribution in [3.8, 4) is 23.1 Å². The molecule has 1 heterocycles. The highest BCUT2D eigenvalue weighted by Crippen LogP contribution is 2.33. The minimum atomic E-state index is -0.565. The monoisotopic (exact) mass is 467 g/mol. The lowest BCUT2D eigenvalue weighted by Gasteiger charge is -2.30. The van der Waals surface area contributed by atoms with Crippen LogP contribution in [0.15, 0.2) is 54.6 Å². The SMILES string of the molecule is CCOCC(O)CN(Cc1c(C)nn(-c2ccccc2)c1Oc1ccc(OC)cc1)C(C)CC. The van der Waals surface area contributed by atoms with Gasteiger partial charge in [-0.05, 0) is 63.6 Å². The molecular weight excluding hydrogens is 430 g/mol. The molecule has 2 aromatic carbocycles. The molecule has 2 unspecified atom stereocenters. The van der Waals surface area contributed by atoms with Gasteiger partial charge in [0.1, 0.15) is 11.5 Å². The number of hydrogen-bond donors (Lipinski definition) is 1. The van der Waals surface area contributed by atoms with E-state index >= 15 is 0 Å². The molecule has 7 nitrogen and oxygen atoms in total. The first-order chi connectivity index (χ1) is 16.5. The number of ether oxygens (including phenoxy) is 3. The normalized spacial score (nSPS) is 13.1. The van der Waals surface area contributed by atoms with Gasteiger partial charge in [-0.25, -0.2) is 4.68 Å². The molecule has 0 saturated heterocycles. The predicted octanol–water partition coefficient (Wildman–Crippen LogP) is 4.98. The molecule has 3 rings (SSSR count). The molecule has 34 heavy (non-hydrogen) atoms. The number of nitrogens with zero attached hydrogens (tertiary/aromatic N) is 3. The van der Waals surface area contributed by atoms with Crippen LogP contribution in [0, 0.1) is 6.92 Å². The predicted molar refractivity (Wildman–Crippen MR) is 134 cm³/mol. The Hall–Kier alpha value is -2.87. The third kappa shape index (κ3) is 6.59. The maximum absolute atomic E-state index is 10.5. The second-order valence-electron chi connectivity index (χ2n) is 8.39. The molecule has 1 N–H and O–H groups in total.